The molecule has 148 valence electrons. The molecule has 1 heterocycles. The van der Waals surface area contributed by atoms with Gasteiger partial charge in [-0.25, -0.2) is 0 Å². The summed E-state index contributed by atoms with van der Waals surface area (Å²) in [6.07, 6.45) is 1.56. The fourth-order valence-electron chi connectivity index (χ4n) is 3.52. The molecule has 0 saturated heterocycles. The number of amides is 1. The molecule has 0 aromatic heterocycles. The second-order valence-corrected chi connectivity index (χ2v) is 6.81. The highest BCUT2D eigenvalue weighted by atomic mass is 16.6. The summed E-state index contributed by atoms with van der Waals surface area (Å²) >= 11 is 0. The minimum atomic E-state index is -0.559. The summed E-state index contributed by atoms with van der Waals surface area (Å²) in [7, 11) is 4.63. The highest BCUT2D eigenvalue weighted by Crippen LogP contribution is 2.51. The van der Waals surface area contributed by atoms with E-state index in [-0.39, 0.29) is 5.91 Å². The van der Waals surface area contributed by atoms with E-state index in [1.54, 1.807) is 33.5 Å². The Morgan fingerprint density at radius 2 is 1.57 bits per heavy atom. The van der Waals surface area contributed by atoms with E-state index in [1.807, 2.05) is 18.2 Å². The first-order chi connectivity index (χ1) is 13.6. The van der Waals surface area contributed by atoms with Gasteiger partial charge in [-0.15, -0.1) is 0 Å². The normalized spacial score (nSPS) is 16.1. The molecule has 0 spiro atoms. The molecule has 0 bridgehead atoms. The number of anilines is 1. The van der Waals surface area contributed by atoms with Crippen LogP contribution in [0.25, 0.3) is 0 Å². The van der Waals surface area contributed by atoms with Crippen molar-refractivity contribution in [3.63, 3.8) is 0 Å². The topological polar surface area (TPSA) is 75.3 Å². The van der Waals surface area contributed by atoms with E-state index < -0.39 is 5.41 Å². The maximum atomic E-state index is 13.1. The van der Waals surface area contributed by atoms with E-state index in [1.165, 1.54) is 0 Å². The lowest BCUT2D eigenvalue weighted by Crippen LogP contribution is -2.28. The first-order valence-electron chi connectivity index (χ1n) is 9.13. The average Bonchev–Trinajstić information content (AvgIpc) is 3.54. The number of ether oxygens (including phenoxy) is 5. The molecule has 1 N–H and O–H groups in total. The molecule has 1 fully saturated rings. The zero-order valence-corrected chi connectivity index (χ0v) is 16.2. The molecule has 28 heavy (non-hydrogen) atoms. The Kier molecular flexibility index (Phi) is 4.66. The van der Waals surface area contributed by atoms with Gasteiger partial charge in [-0.05, 0) is 30.5 Å². The highest BCUT2D eigenvalue weighted by Gasteiger charge is 2.51. The second-order valence-electron chi connectivity index (χ2n) is 6.81. The van der Waals surface area contributed by atoms with Crippen LogP contribution >= 0.6 is 0 Å². The second kappa shape index (κ2) is 7.14. The van der Waals surface area contributed by atoms with Crippen molar-refractivity contribution in [1.82, 2.24) is 0 Å². The van der Waals surface area contributed by atoms with Gasteiger partial charge >= 0.3 is 0 Å². The summed E-state index contributed by atoms with van der Waals surface area (Å²) in [6.45, 7) is 1.06. The van der Waals surface area contributed by atoms with E-state index in [2.05, 4.69) is 5.32 Å². The Morgan fingerprint density at radius 3 is 2.14 bits per heavy atom. The first-order valence-corrected chi connectivity index (χ1v) is 9.13. The molecule has 7 nitrogen and oxygen atoms in total. The molecule has 1 aliphatic carbocycles. The average molecular weight is 385 g/mol. The number of methoxy groups -OCH3 is 3. The van der Waals surface area contributed by atoms with Gasteiger partial charge in [0.2, 0.25) is 11.7 Å². The molecular weight excluding hydrogens is 362 g/mol. The largest absolute Gasteiger partial charge is 0.493 e. The number of nitrogens with one attached hydrogen (secondary N) is 1. The van der Waals surface area contributed by atoms with Gasteiger partial charge in [0.15, 0.2) is 23.0 Å². The molecule has 1 aliphatic heterocycles. The molecule has 0 unspecified atom stereocenters. The highest BCUT2D eigenvalue weighted by molar-refractivity contribution is 6.02. The number of carbonyl (C=O) groups excluding carboxylic acids is 1. The smallest absolute Gasteiger partial charge is 0.235 e. The molecule has 2 aliphatic rings. The van der Waals surface area contributed by atoms with Crippen LogP contribution in [-0.4, -0.2) is 40.5 Å². The van der Waals surface area contributed by atoms with E-state index in [0.29, 0.717) is 41.9 Å². The Balaban J connectivity index is 1.60. The monoisotopic (exact) mass is 385 g/mol. The van der Waals surface area contributed by atoms with Gasteiger partial charge in [0.25, 0.3) is 0 Å². The maximum absolute atomic E-state index is 13.1. The van der Waals surface area contributed by atoms with Crippen LogP contribution in [0.2, 0.25) is 0 Å². The van der Waals surface area contributed by atoms with Gasteiger partial charge in [-0.3, -0.25) is 4.79 Å². The van der Waals surface area contributed by atoms with Crippen LogP contribution in [0.1, 0.15) is 18.4 Å². The number of hydrogen-bond donors (Lipinski definition) is 1. The van der Waals surface area contributed by atoms with Crippen molar-refractivity contribution >= 4 is 11.6 Å². The molecular formula is C21H23NO6. The number of benzene rings is 2. The summed E-state index contributed by atoms with van der Waals surface area (Å²) < 4.78 is 27.3. The molecule has 2 aromatic rings. The minimum absolute atomic E-state index is 0.0709. The lowest BCUT2D eigenvalue weighted by Gasteiger charge is -2.22. The summed E-state index contributed by atoms with van der Waals surface area (Å²) in [5.41, 5.74) is 0.959. The van der Waals surface area contributed by atoms with Crippen LogP contribution in [0, 0.1) is 0 Å². The van der Waals surface area contributed by atoms with Crippen LogP contribution < -0.4 is 29.0 Å². The van der Waals surface area contributed by atoms with Gasteiger partial charge in [-0.2, -0.15) is 0 Å². The van der Waals surface area contributed by atoms with Gasteiger partial charge < -0.3 is 29.0 Å². The molecule has 1 amide bonds. The quantitative estimate of drug-likeness (QED) is 0.823. The van der Waals surface area contributed by atoms with Crippen molar-refractivity contribution in [2.24, 2.45) is 0 Å². The standard InChI is InChI=1S/C21H23NO6/c1-24-17-11-14(12-18(25-2)19(17)26-3)22-20(23)21(6-7-21)13-4-5-15-16(10-13)28-9-8-27-15/h4-5,10-12H,6-9H2,1-3H3,(H,22,23). The number of carbonyl (C=O) groups is 1. The van der Waals surface area contributed by atoms with Crippen molar-refractivity contribution in [2.75, 3.05) is 39.9 Å². The van der Waals surface area contributed by atoms with Gasteiger partial charge in [0.1, 0.15) is 13.2 Å². The zero-order chi connectivity index (χ0) is 19.7. The summed E-state index contributed by atoms with van der Waals surface area (Å²) in [5.74, 6) is 2.79. The fourth-order valence-corrected chi connectivity index (χ4v) is 3.52. The Bertz CT molecular complexity index is 881. The van der Waals surface area contributed by atoms with E-state index in [0.717, 1.165) is 24.2 Å². The van der Waals surface area contributed by atoms with Gasteiger partial charge in [-0.1, -0.05) is 6.07 Å². The van der Waals surface area contributed by atoms with E-state index in [9.17, 15) is 4.79 Å². The molecule has 1 saturated carbocycles. The molecule has 0 atom stereocenters. The summed E-state index contributed by atoms with van der Waals surface area (Å²) in [5, 5.41) is 3.00. The van der Waals surface area contributed by atoms with Crippen LogP contribution in [0.3, 0.4) is 0 Å². The Morgan fingerprint density at radius 1 is 0.929 bits per heavy atom. The van der Waals surface area contributed by atoms with Gasteiger partial charge in [0.05, 0.1) is 26.7 Å². The lowest BCUT2D eigenvalue weighted by atomic mass is 9.94. The molecule has 0 radical (unpaired) electrons. The van der Waals surface area contributed by atoms with E-state index >= 15 is 0 Å². The van der Waals surface area contributed by atoms with Crippen LogP contribution in [0.15, 0.2) is 30.3 Å². The third kappa shape index (κ3) is 3.06. The van der Waals surface area contributed by atoms with Crippen molar-refractivity contribution in [3.05, 3.63) is 35.9 Å². The number of hydrogen-bond acceptors (Lipinski definition) is 6. The molecule has 4 rings (SSSR count). The summed E-state index contributed by atoms with van der Waals surface area (Å²) in [4.78, 5) is 13.1. The van der Waals surface area contributed by atoms with Crippen LogP contribution in [0.5, 0.6) is 28.7 Å². The first kappa shape index (κ1) is 18.3. The van der Waals surface area contributed by atoms with Crippen LogP contribution in [0.4, 0.5) is 5.69 Å². The predicted octanol–water partition coefficient (Wildman–Crippen LogP) is 3.15. The fraction of sp³-hybridized carbons (Fsp3) is 0.381. The Labute approximate surface area is 163 Å². The van der Waals surface area contributed by atoms with Gasteiger partial charge in [0, 0.05) is 17.8 Å². The van der Waals surface area contributed by atoms with Crippen molar-refractivity contribution in [2.45, 2.75) is 18.3 Å². The third-order valence-corrected chi connectivity index (χ3v) is 5.20. The lowest BCUT2D eigenvalue weighted by molar-refractivity contribution is -0.118. The van der Waals surface area contributed by atoms with Crippen molar-refractivity contribution < 1.29 is 28.5 Å². The SMILES string of the molecule is COc1cc(NC(=O)C2(c3ccc4c(c3)OCCO4)CC2)cc(OC)c1OC. The van der Waals surface area contributed by atoms with Crippen LogP contribution in [-0.2, 0) is 10.2 Å². The third-order valence-electron chi connectivity index (χ3n) is 5.20. The minimum Gasteiger partial charge on any atom is -0.493 e. The molecule has 7 heteroatoms. The predicted molar refractivity (Wildman–Crippen MR) is 103 cm³/mol. The number of fused-ring (bicyclic) bond motifs is 1. The molecule has 2 aromatic carbocycles. The summed E-state index contributed by atoms with van der Waals surface area (Å²) in [6, 6.07) is 9.17. The van der Waals surface area contributed by atoms with Crippen molar-refractivity contribution in [3.8, 4) is 28.7 Å². The number of rotatable bonds is 6. The zero-order valence-electron chi connectivity index (χ0n) is 16.2. The van der Waals surface area contributed by atoms with Crippen molar-refractivity contribution in [1.29, 1.82) is 0 Å². The Hall–Kier alpha value is -3.09. The maximum Gasteiger partial charge on any atom is 0.235 e. The van der Waals surface area contributed by atoms with E-state index in [4.69, 9.17) is 23.7 Å².